The molecule has 0 radical (unpaired) electrons. The quantitative estimate of drug-likeness (QED) is 0.719. The van der Waals surface area contributed by atoms with Crippen LogP contribution in [-0.4, -0.2) is 27.5 Å². The van der Waals surface area contributed by atoms with E-state index in [1.165, 1.54) is 25.7 Å². The predicted octanol–water partition coefficient (Wildman–Crippen LogP) is 1.74. The van der Waals surface area contributed by atoms with Gasteiger partial charge < -0.3 is 0 Å². The molecule has 0 saturated heterocycles. The lowest BCUT2D eigenvalue weighted by Gasteiger charge is -2.25. The van der Waals surface area contributed by atoms with E-state index in [0.29, 0.717) is 19.1 Å². The molecule has 0 atom stereocenters. The SMILES string of the molecule is N#CCN(Cc1ncccn1)C1CCCC1. The predicted molar refractivity (Wildman–Crippen MR) is 60.3 cm³/mol. The Morgan fingerprint density at radius 2 is 2.00 bits per heavy atom. The number of nitrogens with zero attached hydrogens (tertiary/aromatic N) is 4. The molecule has 4 heteroatoms. The zero-order valence-corrected chi connectivity index (χ0v) is 9.34. The van der Waals surface area contributed by atoms with Gasteiger partial charge in [0.1, 0.15) is 5.82 Å². The average molecular weight is 216 g/mol. The van der Waals surface area contributed by atoms with Gasteiger partial charge in [-0.15, -0.1) is 0 Å². The Morgan fingerprint density at radius 1 is 1.31 bits per heavy atom. The van der Waals surface area contributed by atoms with E-state index < -0.39 is 0 Å². The number of rotatable bonds is 4. The Bertz CT molecular complexity index is 351. The Balaban J connectivity index is 2.00. The van der Waals surface area contributed by atoms with Crippen LogP contribution >= 0.6 is 0 Å². The van der Waals surface area contributed by atoms with Crippen molar-refractivity contribution in [3.05, 3.63) is 24.3 Å². The van der Waals surface area contributed by atoms with Gasteiger partial charge in [-0.05, 0) is 18.9 Å². The number of hydrogen-bond acceptors (Lipinski definition) is 4. The molecule has 2 rings (SSSR count). The minimum Gasteiger partial charge on any atom is -0.280 e. The first-order valence-corrected chi connectivity index (χ1v) is 5.77. The Morgan fingerprint density at radius 3 is 2.62 bits per heavy atom. The second-order valence-electron chi connectivity index (χ2n) is 4.17. The molecule has 1 aromatic heterocycles. The third-order valence-corrected chi connectivity index (χ3v) is 3.08. The van der Waals surface area contributed by atoms with Crippen molar-refractivity contribution < 1.29 is 0 Å². The molecule has 1 aliphatic carbocycles. The third-order valence-electron chi connectivity index (χ3n) is 3.08. The lowest BCUT2D eigenvalue weighted by atomic mass is 10.2. The molecule has 1 aromatic rings. The highest BCUT2D eigenvalue weighted by Crippen LogP contribution is 2.23. The molecule has 1 heterocycles. The molecule has 0 aliphatic heterocycles. The van der Waals surface area contributed by atoms with E-state index in [-0.39, 0.29) is 0 Å². The van der Waals surface area contributed by atoms with E-state index in [0.717, 1.165) is 5.82 Å². The van der Waals surface area contributed by atoms with Gasteiger partial charge in [-0.3, -0.25) is 4.90 Å². The molecule has 0 spiro atoms. The maximum Gasteiger partial charge on any atom is 0.142 e. The smallest absolute Gasteiger partial charge is 0.142 e. The van der Waals surface area contributed by atoms with Gasteiger partial charge in [0.25, 0.3) is 0 Å². The fourth-order valence-electron chi connectivity index (χ4n) is 2.27. The zero-order valence-electron chi connectivity index (χ0n) is 9.34. The molecule has 0 amide bonds. The summed E-state index contributed by atoms with van der Waals surface area (Å²) in [6, 6.07) is 4.59. The molecule has 0 aromatic carbocycles. The summed E-state index contributed by atoms with van der Waals surface area (Å²) in [5, 5.41) is 8.84. The van der Waals surface area contributed by atoms with Gasteiger partial charge >= 0.3 is 0 Å². The van der Waals surface area contributed by atoms with E-state index in [9.17, 15) is 0 Å². The molecule has 1 saturated carbocycles. The second-order valence-corrected chi connectivity index (χ2v) is 4.17. The van der Waals surface area contributed by atoms with E-state index in [4.69, 9.17) is 5.26 Å². The van der Waals surface area contributed by atoms with Crippen LogP contribution in [0.15, 0.2) is 18.5 Å². The standard InChI is InChI=1S/C12H16N4/c13-6-9-16(11-4-1-2-5-11)10-12-14-7-3-8-15-12/h3,7-8,11H,1-2,4-5,9-10H2. The minimum atomic E-state index is 0.475. The molecule has 84 valence electrons. The van der Waals surface area contributed by atoms with Gasteiger partial charge in [0, 0.05) is 18.4 Å². The van der Waals surface area contributed by atoms with Crippen LogP contribution < -0.4 is 0 Å². The largest absolute Gasteiger partial charge is 0.280 e. The molecule has 0 N–H and O–H groups in total. The average Bonchev–Trinajstić information content (AvgIpc) is 2.83. The van der Waals surface area contributed by atoms with Crippen molar-refractivity contribution in [3.63, 3.8) is 0 Å². The second kappa shape index (κ2) is 5.57. The fraction of sp³-hybridized carbons (Fsp3) is 0.583. The van der Waals surface area contributed by atoms with Gasteiger partial charge in [-0.1, -0.05) is 12.8 Å². The van der Waals surface area contributed by atoms with Gasteiger partial charge in [0.2, 0.25) is 0 Å². The number of nitriles is 1. The van der Waals surface area contributed by atoms with Crippen LogP contribution in [0, 0.1) is 11.3 Å². The van der Waals surface area contributed by atoms with E-state index >= 15 is 0 Å². The maximum absolute atomic E-state index is 8.84. The monoisotopic (exact) mass is 216 g/mol. The van der Waals surface area contributed by atoms with Crippen LogP contribution in [-0.2, 0) is 6.54 Å². The lowest BCUT2D eigenvalue weighted by molar-refractivity contribution is 0.209. The first-order valence-electron chi connectivity index (χ1n) is 5.77. The first-order chi connectivity index (χ1) is 7.90. The summed E-state index contributed by atoms with van der Waals surface area (Å²) >= 11 is 0. The molecule has 16 heavy (non-hydrogen) atoms. The van der Waals surface area contributed by atoms with Crippen molar-refractivity contribution in [1.29, 1.82) is 5.26 Å². The Hall–Kier alpha value is -1.47. The van der Waals surface area contributed by atoms with Gasteiger partial charge in [-0.25, -0.2) is 9.97 Å². The molecule has 4 nitrogen and oxygen atoms in total. The maximum atomic E-state index is 8.84. The van der Waals surface area contributed by atoms with Gasteiger partial charge in [-0.2, -0.15) is 5.26 Å². The van der Waals surface area contributed by atoms with E-state index in [1.54, 1.807) is 12.4 Å². The molecular weight excluding hydrogens is 200 g/mol. The summed E-state index contributed by atoms with van der Waals surface area (Å²) in [7, 11) is 0. The van der Waals surface area contributed by atoms with Gasteiger partial charge in [0.15, 0.2) is 0 Å². The van der Waals surface area contributed by atoms with Crippen molar-refractivity contribution in [2.75, 3.05) is 6.54 Å². The van der Waals surface area contributed by atoms with Crippen LogP contribution in [0.4, 0.5) is 0 Å². The molecule has 0 unspecified atom stereocenters. The highest BCUT2D eigenvalue weighted by atomic mass is 15.2. The first kappa shape index (κ1) is 11.0. The summed E-state index contributed by atoms with van der Waals surface area (Å²) in [5.41, 5.74) is 0. The summed E-state index contributed by atoms with van der Waals surface area (Å²) < 4.78 is 0. The lowest BCUT2D eigenvalue weighted by Crippen LogP contribution is -2.33. The van der Waals surface area contributed by atoms with Gasteiger partial charge in [0.05, 0.1) is 19.2 Å². The van der Waals surface area contributed by atoms with Crippen LogP contribution in [0.1, 0.15) is 31.5 Å². The van der Waals surface area contributed by atoms with E-state index in [2.05, 4.69) is 20.9 Å². The number of hydrogen-bond donors (Lipinski definition) is 0. The van der Waals surface area contributed by atoms with Crippen molar-refractivity contribution in [2.24, 2.45) is 0 Å². The van der Waals surface area contributed by atoms with Crippen molar-refractivity contribution in [1.82, 2.24) is 14.9 Å². The molecule has 1 aliphatic rings. The van der Waals surface area contributed by atoms with Crippen molar-refractivity contribution >= 4 is 0 Å². The van der Waals surface area contributed by atoms with Crippen LogP contribution in [0.5, 0.6) is 0 Å². The van der Waals surface area contributed by atoms with Crippen LogP contribution in [0.3, 0.4) is 0 Å². The van der Waals surface area contributed by atoms with Crippen molar-refractivity contribution in [3.8, 4) is 6.07 Å². The molecule has 0 bridgehead atoms. The van der Waals surface area contributed by atoms with Crippen LogP contribution in [0.2, 0.25) is 0 Å². The van der Waals surface area contributed by atoms with Crippen LogP contribution in [0.25, 0.3) is 0 Å². The fourth-order valence-corrected chi connectivity index (χ4v) is 2.27. The summed E-state index contributed by atoms with van der Waals surface area (Å²) in [5.74, 6) is 0.810. The summed E-state index contributed by atoms with van der Waals surface area (Å²) in [4.78, 5) is 10.6. The molecular formula is C12H16N4. The highest BCUT2D eigenvalue weighted by molar-refractivity contribution is 4.92. The Labute approximate surface area is 95.9 Å². The summed E-state index contributed by atoms with van der Waals surface area (Å²) in [6.07, 6.45) is 8.47. The third kappa shape index (κ3) is 2.77. The number of aromatic nitrogens is 2. The zero-order chi connectivity index (χ0) is 11.2. The molecule has 1 fully saturated rings. The Kier molecular flexibility index (Phi) is 3.84. The highest BCUT2D eigenvalue weighted by Gasteiger charge is 2.22. The van der Waals surface area contributed by atoms with E-state index in [1.807, 2.05) is 6.07 Å². The van der Waals surface area contributed by atoms with Crippen molar-refractivity contribution in [2.45, 2.75) is 38.3 Å². The topological polar surface area (TPSA) is 52.8 Å². The normalized spacial score (nSPS) is 16.5. The summed E-state index contributed by atoms with van der Waals surface area (Å²) in [6.45, 7) is 1.17. The minimum absolute atomic E-state index is 0.475.